The molecule has 0 spiro atoms. The molecule has 1 amide bonds. The molecule has 1 saturated heterocycles. The van der Waals surface area contributed by atoms with Crippen LogP contribution in [-0.2, 0) is 26.1 Å². The Morgan fingerprint density at radius 1 is 1.06 bits per heavy atom. The fourth-order valence-electron chi connectivity index (χ4n) is 3.52. The maximum Gasteiger partial charge on any atom is 0.338 e. The minimum Gasteiger partial charge on any atom is -0.452 e. The lowest BCUT2D eigenvalue weighted by atomic mass is 10.1. The van der Waals surface area contributed by atoms with Crippen molar-refractivity contribution >= 4 is 33.5 Å². The van der Waals surface area contributed by atoms with Crippen molar-refractivity contribution < 1.29 is 22.7 Å². The molecule has 32 heavy (non-hydrogen) atoms. The third-order valence-electron chi connectivity index (χ3n) is 5.42. The summed E-state index contributed by atoms with van der Waals surface area (Å²) < 4.78 is 32.6. The highest BCUT2D eigenvalue weighted by molar-refractivity contribution is 7.89. The molecule has 7 nitrogen and oxygen atoms in total. The normalized spacial score (nSPS) is 15.1. The highest BCUT2D eigenvalue weighted by atomic mass is 35.5. The van der Waals surface area contributed by atoms with E-state index < -0.39 is 28.5 Å². The number of ether oxygens (including phenoxy) is 1. The molecule has 0 unspecified atom stereocenters. The van der Waals surface area contributed by atoms with E-state index in [0.717, 1.165) is 36.8 Å². The number of esters is 1. The van der Waals surface area contributed by atoms with Crippen molar-refractivity contribution in [1.29, 1.82) is 0 Å². The third kappa shape index (κ3) is 6.09. The number of carbonyl (C=O) groups excluding carboxylic acids is 2. The number of sulfonamides is 1. The lowest BCUT2D eigenvalue weighted by molar-refractivity contribution is -0.124. The summed E-state index contributed by atoms with van der Waals surface area (Å²) in [5.74, 6) is -1.24. The van der Waals surface area contributed by atoms with Crippen LogP contribution >= 0.6 is 11.6 Å². The van der Waals surface area contributed by atoms with Gasteiger partial charge in [0.05, 0.1) is 10.6 Å². The summed E-state index contributed by atoms with van der Waals surface area (Å²) in [5.41, 5.74) is 2.03. The molecule has 0 aromatic heterocycles. The predicted molar refractivity (Wildman–Crippen MR) is 122 cm³/mol. The number of nitrogens with zero attached hydrogens (tertiary/aromatic N) is 1. The second-order valence-corrected chi connectivity index (χ2v) is 10.1. The van der Waals surface area contributed by atoms with Crippen LogP contribution in [0.15, 0.2) is 47.4 Å². The number of aryl methyl sites for hydroxylation is 1. The molecule has 2 aromatic rings. The fraction of sp³-hybridized carbons (Fsp3) is 0.391. The summed E-state index contributed by atoms with van der Waals surface area (Å²) in [6.07, 6.45) is 3.54. The van der Waals surface area contributed by atoms with E-state index in [0.29, 0.717) is 19.6 Å². The zero-order chi connectivity index (χ0) is 23.1. The summed E-state index contributed by atoms with van der Waals surface area (Å²) in [5, 5.41) is 2.74. The number of carbonyl (C=O) groups is 2. The summed E-state index contributed by atoms with van der Waals surface area (Å²) in [4.78, 5) is 24.4. The lowest BCUT2D eigenvalue weighted by Gasteiger charge is -2.21. The molecule has 0 atom stereocenters. The second kappa shape index (κ2) is 10.9. The minimum absolute atomic E-state index is 0.0227. The first kappa shape index (κ1) is 24.2. The fourth-order valence-corrected chi connectivity index (χ4v) is 5.53. The molecule has 1 fully saturated rings. The van der Waals surface area contributed by atoms with Crippen molar-refractivity contribution in [3.8, 4) is 0 Å². The Bertz CT molecular complexity index is 1080. The van der Waals surface area contributed by atoms with Crippen LogP contribution in [0, 0.1) is 6.92 Å². The molecule has 172 valence electrons. The number of hydrogen-bond donors (Lipinski definition) is 1. The van der Waals surface area contributed by atoms with E-state index in [-0.39, 0.29) is 15.5 Å². The van der Waals surface area contributed by atoms with Crippen LogP contribution in [0.4, 0.5) is 0 Å². The van der Waals surface area contributed by atoms with E-state index in [1.54, 1.807) is 0 Å². The molecule has 0 bridgehead atoms. The first-order valence-electron chi connectivity index (χ1n) is 10.6. The van der Waals surface area contributed by atoms with Gasteiger partial charge in [-0.15, -0.1) is 0 Å². The van der Waals surface area contributed by atoms with Crippen molar-refractivity contribution in [3.63, 3.8) is 0 Å². The molecule has 3 rings (SSSR count). The van der Waals surface area contributed by atoms with E-state index in [1.165, 1.54) is 22.5 Å². The Morgan fingerprint density at radius 3 is 2.44 bits per heavy atom. The van der Waals surface area contributed by atoms with Crippen LogP contribution in [0.2, 0.25) is 5.02 Å². The Hall–Kier alpha value is -2.42. The summed E-state index contributed by atoms with van der Waals surface area (Å²) in [6.45, 7) is 2.64. The van der Waals surface area contributed by atoms with Crippen molar-refractivity contribution in [2.24, 2.45) is 0 Å². The molecule has 1 aliphatic heterocycles. The molecule has 1 N–H and O–H groups in total. The van der Waals surface area contributed by atoms with Crippen molar-refractivity contribution in [2.45, 2.75) is 44.0 Å². The van der Waals surface area contributed by atoms with Gasteiger partial charge in [0, 0.05) is 19.6 Å². The average Bonchev–Trinajstić information content (AvgIpc) is 3.07. The monoisotopic (exact) mass is 478 g/mol. The maximum atomic E-state index is 13.1. The zero-order valence-electron chi connectivity index (χ0n) is 18.0. The predicted octanol–water partition coefficient (Wildman–Crippen LogP) is 3.69. The first-order valence-corrected chi connectivity index (χ1v) is 12.4. The number of benzene rings is 2. The maximum absolute atomic E-state index is 13.1. The lowest BCUT2D eigenvalue weighted by Crippen LogP contribution is -2.32. The van der Waals surface area contributed by atoms with E-state index in [4.69, 9.17) is 16.3 Å². The zero-order valence-corrected chi connectivity index (χ0v) is 19.5. The summed E-state index contributed by atoms with van der Waals surface area (Å²) >= 11 is 6.16. The van der Waals surface area contributed by atoms with E-state index >= 15 is 0 Å². The van der Waals surface area contributed by atoms with E-state index in [1.807, 2.05) is 31.2 Å². The number of halogens is 1. The van der Waals surface area contributed by atoms with Gasteiger partial charge >= 0.3 is 5.97 Å². The van der Waals surface area contributed by atoms with Gasteiger partial charge in [0.2, 0.25) is 10.0 Å². The summed E-state index contributed by atoms with van der Waals surface area (Å²) in [6, 6.07) is 11.6. The molecular formula is C23H27ClN2O5S. The standard InChI is InChI=1S/C23H27ClN2O5S/c1-17-8-4-5-9-19(17)15-25-22(27)16-31-23(28)18-10-11-20(24)21(14-18)32(29,30)26-12-6-2-3-7-13-26/h4-5,8-11,14H,2-3,6-7,12-13,15-16H2,1H3,(H,25,27). The van der Waals surface area contributed by atoms with Gasteiger partial charge in [-0.3, -0.25) is 4.79 Å². The molecule has 1 heterocycles. The van der Waals surface area contributed by atoms with Gasteiger partial charge in [0.1, 0.15) is 4.90 Å². The Morgan fingerprint density at radius 2 is 1.75 bits per heavy atom. The Labute approximate surface area is 193 Å². The van der Waals surface area contributed by atoms with Crippen LogP contribution in [-0.4, -0.2) is 44.3 Å². The van der Waals surface area contributed by atoms with Gasteiger partial charge in [-0.05, 0) is 49.1 Å². The second-order valence-electron chi connectivity index (χ2n) is 7.74. The van der Waals surface area contributed by atoms with E-state index in [9.17, 15) is 18.0 Å². The van der Waals surface area contributed by atoms with Gasteiger partial charge in [0.15, 0.2) is 6.61 Å². The Kier molecular flexibility index (Phi) is 8.28. The van der Waals surface area contributed by atoms with Crippen LogP contribution in [0.25, 0.3) is 0 Å². The number of nitrogens with one attached hydrogen (secondary N) is 1. The number of rotatable bonds is 7. The largest absolute Gasteiger partial charge is 0.452 e. The molecule has 1 aliphatic rings. The van der Waals surface area contributed by atoms with Crippen molar-refractivity contribution in [1.82, 2.24) is 9.62 Å². The highest BCUT2D eigenvalue weighted by Gasteiger charge is 2.28. The van der Waals surface area contributed by atoms with Gasteiger partial charge in [-0.25, -0.2) is 13.2 Å². The van der Waals surface area contributed by atoms with Crippen LogP contribution in [0.1, 0.15) is 47.2 Å². The van der Waals surface area contributed by atoms with Gasteiger partial charge < -0.3 is 10.1 Å². The van der Waals surface area contributed by atoms with Crippen LogP contribution in [0.5, 0.6) is 0 Å². The molecule has 0 radical (unpaired) electrons. The molecule has 2 aromatic carbocycles. The topological polar surface area (TPSA) is 92.8 Å². The van der Waals surface area contributed by atoms with E-state index in [2.05, 4.69) is 5.32 Å². The molecular weight excluding hydrogens is 452 g/mol. The molecule has 0 aliphatic carbocycles. The van der Waals surface area contributed by atoms with Gasteiger partial charge in [-0.1, -0.05) is 48.7 Å². The number of hydrogen-bond acceptors (Lipinski definition) is 5. The van der Waals surface area contributed by atoms with Crippen molar-refractivity contribution in [3.05, 3.63) is 64.2 Å². The van der Waals surface area contributed by atoms with Crippen LogP contribution in [0.3, 0.4) is 0 Å². The van der Waals surface area contributed by atoms with Gasteiger partial charge in [-0.2, -0.15) is 4.31 Å². The van der Waals surface area contributed by atoms with Gasteiger partial charge in [0.25, 0.3) is 5.91 Å². The highest BCUT2D eigenvalue weighted by Crippen LogP contribution is 2.28. The smallest absolute Gasteiger partial charge is 0.338 e. The number of amides is 1. The SMILES string of the molecule is Cc1ccccc1CNC(=O)COC(=O)c1ccc(Cl)c(S(=O)(=O)N2CCCCCC2)c1. The third-order valence-corrected chi connectivity index (χ3v) is 7.80. The molecule has 9 heteroatoms. The summed E-state index contributed by atoms with van der Waals surface area (Å²) in [7, 11) is -3.83. The Balaban J connectivity index is 1.63. The minimum atomic E-state index is -3.83. The quantitative estimate of drug-likeness (QED) is 0.612. The van der Waals surface area contributed by atoms with Crippen molar-refractivity contribution in [2.75, 3.05) is 19.7 Å². The first-order chi connectivity index (χ1) is 15.3. The van der Waals surface area contributed by atoms with Crippen LogP contribution < -0.4 is 5.32 Å². The molecule has 0 saturated carbocycles. The average molecular weight is 479 g/mol.